The maximum Gasteiger partial charge on any atom is 0.146 e. The molecule has 0 atom stereocenters. The minimum atomic E-state index is 0.952. The average Bonchev–Trinajstić information content (AvgIpc) is 3.70. The van der Waals surface area contributed by atoms with Crippen molar-refractivity contribution in [2.45, 2.75) is 0 Å². The van der Waals surface area contributed by atoms with Crippen LogP contribution in [-0.4, -0.2) is 14.4 Å². The van der Waals surface area contributed by atoms with Crippen molar-refractivity contribution in [3.63, 3.8) is 0 Å². The van der Waals surface area contributed by atoms with Gasteiger partial charge in [0.15, 0.2) is 0 Å². The lowest BCUT2D eigenvalue weighted by Gasteiger charge is -2.19. The topological polar surface area (TPSA) is 30.2 Å². The van der Waals surface area contributed by atoms with E-state index in [0.717, 1.165) is 60.4 Å². The first-order valence-corrected chi connectivity index (χ1v) is 20.2. The number of aromatic nitrogens is 3. The summed E-state index contributed by atoms with van der Waals surface area (Å²) >= 11 is 0. The molecule has 0 saturated heterocycles. The zero-order chi connectivity index (χ0) is 38.6. The van der Waals surface area contributed by atoms with Crippen LogP contribution in [0.5, 0.6) is 0 Å². The Bertz CT molecular complexity index is 3910. The predicted molar refractivity (Wildman–Crippen MR) is 249 cm³/mol. The Labute approximate surface area is 339 Å². The van der Waals surface area contributed by atoms with E-state index in [4.69, 9.17) is 9.97 Å². The van der Waals surface area contributed by atoms with Crippen LogP contribution >= 0.6 is 0 Å². The molecule has 13 aromatic rings. The van der Waals surface area contributed by atoms with Gasteiger partial charge in [0.05, 0.1) is 22.1 Å². The highest BCUT2D eigenvalue weighted by atomic mass is 15.0. The Balaban J connectivity index is 1.14. The summed E-state index contributed by atoms with van der Waals surface area (Å²) in [6, 6.07) is 71.1. The fourth-order valence-corrected chi connectivity index (χ4v) is 9.84. The van der Waals surface area contributed by atoms with Crippen LogP contribution in [0, 0.1) is 0 Å². The first-order chi connectivity index (χ1) is 29.2. The smallest absolute Gasteiger partial charge is 0.146 e. The molecule has 13 rings (SSSR count). The van der Waals surface area contributed by atoms with Crippen LogP contribution < -0.4 is 0 Å². The summed E-state index contributed by atoms with van der Waals surface area (Å²) in [5, 5.41) is 14.4. The predicted octanol–water partition coefficient (Wildman–Crippen LogP) is 15.0. The van der Waals surface area contributed by atoms with Crippen molar-refractivity contribution >= 4 is 92.3 Å². The molecule has 0 N–H and O–H groups in total. The third-order valence-electron chi connectivity index (χ3n) is 12.5. The van der Waals surface area contributed by atoms with Gasteiger partial charge >= 0.3 is 0 Å². The maximum atomic E-state index is 5.18. The Hall–Kier alpha value is -7.88. The monoisotopic (exact) mass is 747 g/mol. The highest BCUT2D eigenvalue weighted by molar-refractivity contribution is 6.25. The third kappa shape index (κ3) is 4.76. The molecule has 0 aliphatic rings. The molecule has 0 aliphatic carbocycles. The van der Waals surface area contributed by atoms with Gasteiger partial charge in [-0.1, -0.05) is 140 Å². The number of para-hydroxylation sites is 2. The van der Waals surface area contributed by atoms with Crippen LogP contribution in [0.4, 0.5) is 0 Å². The lowest BCUT2D eigenvalue weighted by molar-refractivity contribution is 1.31. The summed E-state index contributed by atoms with van der Waals surface area (Å²) < 4.78 is 2.33. The van der Waals surface area contributed by atoms with E-state index in [1.165, 1.54) is 65.3 Å². The number of fused-ring (bicyclic) bond motifs is 14. The highest BCUT2D eigenvalue weighted by Gasteiger charge is 2.20. The van der Waals surface area contributed by atoms with Crippen LogP contribution in [0.3, 0.4) is 0 Å². The summed E-state index contributed by atoms with van der Waals surface area (Å²) in [6.45, 7) is 0. The number of benzene rings is 10. The molecule has 0 saturated carbocycles. The molecule has 0 radical (unpaired) electrons. The van der Waals surface area contributed by atoms with E-state index in [9.17, 15) is 0 Å². The fraction of sp³-hybridized carbons (Fsp3) is 0. The van der Waals surface area contributed by atoms with Gasteiger partial charge in [-0.25, -0.2) is 4.98 Å². The number of pyridine rings is 2. The minimum Gasteiger partial charge on any atom is -0.292 e. The first kappa shape index (κ1) is 32.2. The summed E-state index contributed by atoms with van der Waals surface area (Å²) in [7, 11) is 0. The quantitative estimate of drug-likeness (QED) is 0.133. The van der Waals surface area contributed by atoms with Crippen molar-refractivity contribution in [1.82, 2.24) is 14.4 Å². The second kappa shape index (κ2) is 12.3. The van der Waals surface area contributed by atoms with E-state index in [-0.39, 0.29) is 0 Å². The highest BCUT2D eigenvalue weighted by Crippen LogP contribution is 2.46. The molecular formula is C56H33N3. The third-order valence-corrected chi connectivity index (χ3v) is 12.5. The van der Waals surface area contributed by atoms with Gasteiger partial charge in [-0.2, -0.15) is 0 Å². The first-order valence-electron chi connectivity index (χ1n) is 20.2. The zero-order valence-electron chi connectivity index (χ0n) is 31.9. The molecule has 0 spiro atoms. The number of nitrogens with zero attached hydrogens (tertiary/aromatic N) is 3. The maximum absolute atomic E-state index is 5.18. The molecule has 3 nitrogen and oxygen atoms in total. The number of hydrogen-bond donors (Lipinski definition) is 0. The zero-order valence-corrected chi connectivity index (χ0v) is 31.9. The second-order valence-electron chi connectivity index (χ2n) is 15.7. The van der Waals surface area contributed by atoms with E-state index < -0.39 is 0 Å². The molecule has 59 heavy (non-hydrogen) atoms. The molecule has 3 heterocycles. The normalized spacial score (nSPS) is 12.1. The molecule has 3 heteroatoms. The fourth-order valence-electron chi connectivity index (χ4n) is 9.84. The summed E-state index contributed by atoms with van der Waals surface area (Å²) in [5.74, 6) is 0. The van der Waals surface area contributed by atoms with Crippen molar-refractivity contribution < 1.29 is 0 Å². The Kier molecular flexibility index (Phi) is 6.72. The van der Waals surface area contributed by atoms with E-state index in [1.807, 2.05) is 12.3 Å². The lowest BCUT2D eigenvalue weighted by atomic mass is 9.84. The molecule has 0 bridgehead atoms. The van der Waals surface area contributed by atoms with Gasteiger partial charge < -0.3 is 0 Å². The van der Waals surface area contributed by atoms with E-state index in [2.05, 4.69) is 192 Å². The van der Waals surface area contributed by atoms with E-state index in [1.54, 1.807) is 0 Å². The lowest BCUT2D eigenvalue weighted by Crippen LogP contribution is -1.94. The molecule has 0 fully saturated rings. The van der Waals surface area contributed by atoms with Gasteiger partial charge in [-0.15, -0.1) is 0 Å². The molecular weight excluding hydrogens is 715 g/mol. The number of rotatable bonds is 3. The van der Waals surface area contributed by atoms with Crippen LogP contribution in [0.25, 0.3) is 126 Å². The molecule has 272 valence electrons. The molecule has 0 amide bonds. The van der Waals surface area contributed by atoms with Crippen LogP contribution in [0.1, 0.15) is 0 Å². The largest absolute Gasteiger partial charge is 0.292 e. The summed E-state index contributed by atoms with van der Waals surface area (Å²) in [4.78, 5) is 10.2. The van der Waals surface area contributed by atoms with Gasteiger partial charge in [0.2, 0.25) is 0 Å². The van der Waals surface area contributed by atoms with Gasteiger partial charge in [-0.3, -0.25) is 9.38 Å². The van der Waals surface area contributed by atoms with Gasteiger partial charge in [0.1, 0.15) is 5.65 Å². The second-order valence-corrected chi connectivity index (χ2v) is 15.7. The minimum absolute atomic E-state index is 0.952. The number of imidazole rings is 1. The Morgan fingerprint density at radius 3 is 1.63 bits per heavy atom. The van der Waals surface area contributed by atoms with Crippen molar-refractivity contribution in [1.29, 1.82) is 0 Å². The number of hydrogen-bond acceptors (Lipinski definition) is 2. The van der Waals surface area contributed by atoms with Gasteiger partial charge in [-0.05, 0) is 131 Å². The Morgan fingerprint density at radius 1 is 0.339 bits per heavy atom. The molecule has 3 aromatic heterocycles. The molecule has 0 aliphatic heterocycles. The molecule has 0 unspecified atom stereocenters. The standard InChI is InChI=1S/C56H33N3/c1-3-12-37-30-41(21-19-34(37)10-1)52-43-15-5-6-16-44(43)53(42-22-20-35-11-2-4-13-38(35)31-42)47-32-39(24-26-45(47)52)40-25-28-50-48(33-40)54-46(27-23-36-14-9-29-57-55(36)54)56-58-49-17-7-8-18-51(49)59(50)56/h1-33H. The summed E-state index contributed by atoms with van der Waals surface area (Å²) in [5.41, 5.74) is 12.4. The van der Waals surface area contributed by atoms with Crippen molar-refractivity contribution in [3.05, 3.63) is 200 Å². The van der Waals surface area contributed by atoms with Crippen molar-refractivity contribution in [2.24, 2.45) is 0 Å². The Morgan fingerprint density at radius 2 is 0.881 bits per heavy atom. The summed E-state index contributed by atoms with van der Waals surface area (Å²) in [6.07, 6.45) is 1.90. The average molecular weight is 748 g/mol. The van der Waals surface area contributed by atoms with Gasteiger partial charge in [0, 0.05) is 27.7 Å². The van der Waals surface area contributed by atoms with Crippen molar-refractivity contribution in [3.8, 4) is 33.4 Å². The van der Waals surface area contributed by atoms with Crippen molar-refractivity contribution in [2.75, 3.05) is 0 Å². The van der Waals surface area contributed by atoms with Gasteiger partial charge in [0.25, 0.3) is 0 Å². The van der Waals surface area contributed by atoms with E-state index >= 15 is 0 Å². The molecule has 10 aromatic carbocycles. The van der Waals surface area contributed by atoms with Crippen LogP contribution in [0.15, 0.2) is 200 Å². The van der Waals surface area contributed by atoms with Crippen LogP contribution in [-0.2, 0) is 0 Å². The van der Waals surface area contributed by atoms with E-state index in [0.29, 0.717) is 0 Å². The SMILES string of the molecule is c1ccc2cc(-c3c4ccccc4c(-c4ccc5ccccc5c4)c4cc(-c5ccc6c(c5)c5c(ccc7cccnc75)c5nc7ccccc7n65)ccc34)ccc2c1. The van der Waals surface area contributed by atoms with Crippen LogP contribution in [0.2, 0.25) is 0 Å².